The van der Waals surface area contributed by atoms with Gasteiger partial charge in [-0.25, -0.2) is 4.79 Å². The molecule has 142 valence electrons. The zero-order valence-electron chi connectivity index (χ0n) is 15.9. The quantitative estimate of drug-likeness (QED) is 0.537. The van der Waals surface area contributed by atoms with E-state index in [1.807, 2.05) is 30.3 Å². The highest BCUT2D eigenvalue weighted by Crippen LogP contribution is 2.26. The van der Waals surface area contributed by atoms with E-state index in [0.29, 0.717) is 39.1 Å². The Labute approximate surface area is 156 Å². The SMILES string of the molecule is C[Si](C)(C)OCCOC1(C#N)CCN(C(=O)OCc2ccccc2)CC1. The third kappa shape index (κ3) is 6.45. The maximum Gasteiger partial charge on any atom is 0.410 e. The highest BCUT2D eigenvalue weighted by Gasteiger charge is 2.37. The monoisotopic (exact) mass is 376 g/mol. The van der Waals surface area contributed by atoms with E-state index in [0.717, 1.165) is 5.56 Å². The number of ether oxygens (including phenoxy) is 2. The fourth-order valence-electron chi connectivity index (χ4n) is 2.73. The van der Waals surface area contributed by atoms with Crippen molar-refractivity contribution < 1.29 is 18.7 Å². The van der Waals surface area contributed by atoms with Crippen LogP contribution >= 0.6 is 0 Å². The molecule has 0 unspecified atom stereocenters. The molecule has 0 atom stereocenters. The summed E-state index contributed by atoms with van der Waals surface area (Å²) in [5.41, 5.74) is 0.119. The van der Waals surface area contributed by atoms with E-state index in [2.05, 4.69) is 25.7 Å². The van der Waals surface area contributed by atoms with Gasteiger partial charge in [-0.1, -0.05) is 30.3 Å². The van der Waals surface area contributed by atoms with Crippen LogP contribution in [-0.2, 0) is 20.5 Å². The molecular weight excluding hydrogens is 348 g/mol. The zero-order chi connectivity index (χ0) is 19.0. The molecule has 1 aliphatic rings. The molecular formula is C19H28N2O4Si. The van der Waals surface area contributed by atoms with Gasteiger partial charge in [0, 0.05) is 25.9 Å². The van der Waals surface area contributed by atoms with E-state index in [-0.39, 0.29) is 12.7 Å². The second-order valence-electron chi connectivity index (χ2n) is 7.44. The summed E-state index contributed by atoms with van der Waals surface area (Å²) < 4.78 is 16.9. The first-order valence-electron chi connectivity index (χ1n) is 8.98. The molecule has 1 heterocycles. The molecule has 0 bridgehead atoms. The summed E-state index contributed by atoms with van der Waals surface area (Å²) in [6.45, 7) is 8.42. The zero-order valence-corrected chi connectivity index (χ0v) is 16.9. The summed E-state index contributed by atoms with van der Waals surface area (Å²) in [6.07, 6.45) is 0.621. The fourth-order valence-corrected chi connectivity index (χ4v) is 3.43. The highest BCUT2D eigenvalue weighted by molar-refractivity contribution is 6.69. The smallest absolute Gasteiger partial charge is 0.410 e. The lowest BCUT2D eigenvalue weighted by molar-refractivity contribution is -0.0523. The van der Waals surface area contributed by atoms with Crippen LogP contribution in [-0.4, -0.2) is 51.2 Å². The maximum absolute atomic E-state index is 12.2. The standard InChI is InChI=1S/C19H28N2O4Si/c1-26(2,3)25-14-13-24-19(16-20)9-11-21(12-10-19)18(22)23-15-17-7-5-4-6-8-17/h4-8H,9-15H2,1-3H3. The number of rotatable bonds is 7. The van der Waals surface area contributed by atoms with E-state index < -0.39 is 13.9 Å². The lowest BCUT2D eigenvalue weighted by atomic mass is 9.93. The molecule has 0 radical (unpaired) electrons. The molecule has 1 aromatic carbocycles. The average Bonchev–Trinajstić information content (AvgIpc) is 2.64. The van der Waals surface area contributed by atoms with Crippen molar-refractivity contribution in [2.75, 3.05) is 26.3 Å². The largest absolute Gasteiger partial charge is 0.445 e. The first kappa shape index (κ1) is 20.4. The number of piperidine rings is 1. The molecule has 1 fully saturated rings. The van der Waals surface area contributed by atoms with Gasteiger partial charge in [0.1, 0.15) is 6.61 Å². The van der Waals surface area contributed by atoms with Gasteiger partial charge >= 0.3 is 6.09 Å². The van der Waals surface area contributed by atoms with Crippen LogP contribution in [0.3, 0.4) is 0 Å². The third-order valence-corrected chi connectivity index (χ3v) is 5.31. The molecule has 1 aromatic rings. The normalized spacial score (nSPS) is 16.8. The Balaban J connectivity index is 1.75. The summed E-state index contributed by atoms with van der Waals surface area (Å²) in [5, 5.41) is 9.54. The number of carbonyl (C=O) groups excluding carboxylic acids is 1. The van der Waals surface area contributed by atoms with Crippen molar-refractivity contribution in [1.82, 2.24) is 4.90 Å². The molecule has 0 aromatic heterocycles. The minimum absolute atomic E-state index is 0.254. The second-order valence-corrected chi connectivity index (χ2v) is 12.0. The van der Waals surface area contributed by atoms with E-state index in [1.54, 1.807) is 4.90 Å². The second kappa shape index (κ2) is 9.17. The van der Waals surface area contributed by atoms with E-state index in [1.165, 1.54) is 0 Å². The van der Waals surface area contributed by atoms with Crippen LogP contribution in [0.25, 0.3) is 0 Å². The van der Waals surface area contributed by atoms with E-state index >= 15 is 0 Å². The maximum atomic E-state index is 12.2. The van der Waals surface area contributed by atoms with Crippen molar-refractivity contribution >= 4 is 14.4 Å². The van der Waals surface area contributed by atoms with Gasteiger partial charge in [0.25, 0.3) is 0 Å². The van der Waals surface area contributed by atoms with Gasteiger partial charge in [-0.05, 0) is 25.2 Å². The van der Waals surface area contributed by atoms with Crippen molar-refractivity contribution in [2.24, 2.45) is 0 Å². The molecule has 1 saturated heterocycles. The number of carbonyl (C=O) groups is 1. The van der Waals surface area contributed by atoms with Crippen LogP contribution in [0.2, 0.25) is 19.6 Å². The summed E-state index contributed by atoms with van der Waals surface area (Å²) in [5.74, 6) is 0. The topological polar surface area (TPSA) is 71.8 Å². The van der Waals surface area contributed by atoms with Crippen LogP contribution in [0, 0.1) is 11.3 Å². The van der Waals surface area contributed by atoms with Gasteiger partial charge in [0.2, 0.25) is 0 Å². The summed E-state index contributed by atoms with van der Waals surface area (Å²) in [6, 6.07) is 11.9. The van der Waals surface area contributed by atoms with Crippen molar-refractivity contribution in [2.45, 2.75) is 44.7 Å². The summed E-state index contributed by atoms with van der Waals surface area (Å²) >= 11 is 0. The molecule has 7 heteroatoms. The third-order valence-electron chi connectivity index (χ3n) is 4.23. The predicted molar refractivity (Wildman–Crippen MR) is 101 cm³/mol. The Morgan fingerprint density at radius 3 is 2.42 bits per heavy atom. The van der Waals surface area contributed by atoms with Crippen LogP contribution < -0.4 is 0 Å². The van der Waals surface area contributed by atoms with Gasteiger partial charge in [0.05, 0.1) is 19.3 Å². The van der Waals surface area contributed by atoms with Crippen LogP contribution in [0.4, 0.5) is 4.79 Å². The van der Waals surface area contributed by atoms with Gasteiger partial charge in [0.15, 0.2) is 13.9 Å². The number of nitrogens with zero attached hydrogens (tertiary/aromatic N) is 2. The number of nitriles is 1. The molecule has 0 spiro atoms. The number of hydrogen-bond acceptors (Lipinski definition) is 5. The Morgan fingerprint density at radius 1 is 1.19 bits per heavy atom. The minimum atomic E-state index is -1.57. The molecule has 0 aliphatic carbocycles. The first-order valence-corrected chi connectivity index (χ1v) is 12.4. The number of likely N-dealkylation sites (tertiary alicyclic amines) is 1. The van der Waals surface area contributed by atoms with Crippen molar-refractivity contribution in [1.29, 1.82) is 5.26 Å². The van der Waals surface area contributed by atoms with Crippen molar-refractivity contribution in [3.8, 4) is 6.07 Å². The van der Waals surface area contributed by atoms with E-state index in [4.69, 9.17) is 13.9 Å². The number of hydrogen-bond donors (Lipinski definition) is 0. The predicted octanol–water partition coefficient (Wildman–Crippen LogP) is 3.55. The van der Waals surface area contributed by atoms with Gasteiger partial charge in [-0.3, -0.25) is 0 Å². The average molecular weight is 377 g/mol. The fraction of sp³-hybridized carbons (Fsp3) is 0.579. The van der Waals surface area contributed by atoms with Gasteiger partial charge < -0.3 is 18.8 Å². The van der Waals surface area contributed by atoms with E-state index in [9.17, 15) is 10.1 Å². The van der Waals surface area contributed by atoms with Gasteiger partial charge in [-0.2, -0.15) is 5.26 Å². The molecule has 2 rings (SSSR count). The van der Waals surface area contributed by atoms with Crippen LogP contribution in [0.15, 0.2) is 30.3 Å². The number of benzene rings is 1. The summed E-state index contributed by atoms with van der Waals surface area (Å²) in [4.78, 5) is 13.8. The van der Waals surface area contributed by atoms with Crippen molar-refractivity contribution in [3.05, 3.63) is 35.9 Å². The molecule has 26 heavy (non-hydrogen) atoms. The lowest BCUT2D eigenvalue weighted by Gasteiger charge is -2.36. The van der Waals surface area contributed by atoms with Crippen LogP contribution in [0.1, 0.15) is 18.4 Å². The Morgan fingerprint density at radius 2 is 1.85 bits per heavy atom. The first-order chi connectivity index (χ1) is 12.3. The lowest BCUT2D eigenvalue weighted by Crippen LogP contribution is -2.48. The highest BCUT2D eigenvalue weighted by atomic mass is 28.4. The Bertz CT molecular complexity index is 617. The molecule has 1 aliphatic heterocycles. The molecule has 0 saturated carbocycles. The Kier molecular flexibility index (Phi) is 7.20. The molecule has 0 N–H and O–H groups in total. The van der Waals surface area contributed by atoms with Crippen LogP contribution in [0.5, 0.6) is 0 Å². The molecule has 1 amide bonds. The molecule has 6 nitrogen and oxygen atoms in total. The number of amides is 1. The Hall–Kier alpha value is -1.88. The van der Waals surface area contributed by atoms with Gasteiger partial charge in [-0.15, -0.1) is 0 Å². The summed E-state index contributed by atoms with van der Waals surface area (Å²) in [7, 11) is -1.57. The minimum Gasteiger partial charge on any atom is -0.445 e. The van der Waals surface area contributed by atoms with Crippen molar-refractivity contribution in [3.63, 3.8) is 0 Å².